The molecule has 2 nitrogen and oxygen atoms in total. The Labute approximate surface area is 199 Å². The molecule has 1 fully saturated rings. The molecule has 1 saturated heterocycles. The summed E-state index contributed by atoms with van der Waals surface area (Å²) in [6.07, 6.45) is 0. The minimum atomic E-state index is -0.731. The van der Waals surface area contributed by atoms with Gasteiger partial charge in [-0.1, -0.05) is 110 Å². The number of allylic oxidation sites excluding steroid dienone is 2. The first-order valence-electron chi connectivity index (χ1n) is 11.7. The summed E-state index contributed by atoms with van der Waals surface area (Å²) in [5, 5.41) is 4.10. The molecular weight excluding hydrogens is 442 g/mol. The summed E-state index contributed by atoms with van der Waals surface area (Å²) in [5.41, 5.74) is 3.81. The van der Waals surface area contributed by atoms with E-state index in [2.05, 4.69) is 105 Å². The maximum atomic E-state index is 13.6. The molecule has 4 heteroatoms. The number of rotatable bonds is 6. The molecule has 2 aliphatic heterocycles. The quantitative estimate of drug-likeness (QED) is 0.266. The Morgan fingerprint density at radius 2 is 1.27 bits per heavy atom. The fraction of sp³-hybridized carbons (Fsp3) is 0.276. The van der Waals surface area contributed by atoms with Crippen LogP contribution in [0.2, 0.25) is 0 Å². The lowest BCUT2D eigenvalue weighted by atomic mass is 9.84. The van der Waals surface area contributed by atoms with Gasteiger partial charge in [-0.15, -0.1) is 0 Å². The summed E-state index contributed by atoms with van der Waals surface area (Å²) in [6.45, 7) is 6.93. The normalized spacial score (nSPS) is 26.1. The van der Waals surface area contributed by atoms with Crippen LogP contribution in [0.25, 0.3) is 0 Å². The number of carbonyl (C=O) groups excluding carboxylic acids is 1. The molecule has 0 N–H and O–H groups in total. The van der Waals surface area contributed by atoms with Crippen LogP contribution in [0.3, 0.4) is 0 Å². The Balaban J connectivity index is 1.71. The van der Waals surface area contributed by atoms with Crippen LogP contribution in [0.4, 0.5) is 0 Å². The lowest BCUT2D eigenvalue weighted by molar-refractivity contribution is -0.147. The minimum absolute atomic E-state index is 0.00959. The van der Waals surface area contributed by atoms with Gasteiger partial charge in [0.05, 0.1) is 12.5 Å². The predicted molar refractivity (Wildman–Crippen MR) is 142 cm³/mol. The number of esters is 1. The first kappa shape index (κ1) is 22.5. The van der Waals surface area contributed by atoms with Crippen molar-refractivity contribution in [2.24, 2.45) is 5.92 Å². The Morgan fingerprint density at radius 1 is 0.788 bits per heavy atom. The Hall–Kier alpha value is -2.27. The van der Waals surface area contributed by atoms with Crippen molar-refractivity contribution in [3.63, 3.8) is 0 Å². The minimum Gasteiger partial charge on any atom is -0.466 e. The number of hydrogen-bond donors (Lipinski definition) is 0. The van der Waals surface area contributed by atoms with Crippen LogP contribution < -0.4 is 15.9 Å². The van der Waals surface area contributed by atoms with Crippen LogP contribution in [0, 0.1) is 5.92 Å². The van der Waals surface area contributed by atoms with Gasteiger partial charge in [0.1, 0.15) is 0 Å². The fourth-order valence-corrected chi connectivity index (χ4v) is 13.7. The van der Waals surface area contributed by atoms with Crippen molar-refractivity contribution >= 4 is 37.7 Å². The third-order valence-corrected chi connectivity index (χ3v) is 13.8. The highest BCUT2D eigenvalue weighted by molar-refractivity contribution is 7.76. The molecule has 5 atom stereocenters. The summed E-state index contributed by atoms with van der Waals surface area (Å²) in [5.74, 6) is -0.110. The summed E-state index contributed by atoms with van der Waals surface area (Å²) in [7, 11) is -1.25. The molecule has 0 saturated carbocycles. The van der Waals surface area contributed by atoms with E-state index in [4.69, 9.17) is 4.74 Å². The first-order valence-corrected chi connectivity index (χ1v) is 14.6. The summed E-state index contributed by atoms with van der Waals surface area (Å²) in [6, 6.07) is 32.6. The van der Waals surface area contributed by atoms with Crippen LogP contribution >= 0.6 is 15.8 Å². The van der Waals surface area contributed by atoms with Gasteiger partial charge in [0.25, 0.3) is 0 Å². The Morgan fingerprint density at radius 3 is 1.79 bits per heavy atom. The van der Waals surface area contributed by atoms with E-state index in [0.717, 1.165) is 0 Å². The topological polar surface area (TPSA) is 26.3 Å². The van der Waals surface area contributed by atoms with Gasteiger partial charge in [-0.25, -0.2) is 0 Å². The average molecular weight is 473 g/mol. The predicted octanol–water partition coefficient (Wildman–Crippen LogP) is 5.58. The van der Waals surface area contributed by atoms with Crippen LogP contribution in [0.5, 0.6) is 0 Å². The van der Waals surface area contributed by atoms with Gasteiger partial charge in [0, 0.05) is 17.0 Å². The van der Waals surface area contributed by atoms with Crippen molar-refractivity contribution < 1.29 is 9.53 Å². The third kappa shape index (κ3) is 3.88. The molecule has 2 heterocycles. The van der Waals surface area contributed by atoms with Crippen LogP contribution in [0.1, 0.15) is 20.8 Å². The standard InChI is InChI=1S/C29H30O2P2/c1-4-31-29(30)25-26-20(2)21(3)27(33(26)24-18-12-7-13-19-24)28(25)32(22-14-8-5-9-15-22)23-16-10-6-11-17-23/h5-19,25-28H,4H2,1-3H3/t25-,26?,27?,28-,33?/m1/s1. The summed E-state index contributed by atoms with van der Waals surface area (Å²) >= 11 is 0. The molecular formula is C29H30O2P2. The Kier molecular flexibility index (Phi) is 6.51. The molecule has 0 aliphatic carbocycles. The van der Waals surface area contributed by atoms with E-state index in [1.54, 1.807) is 0 Å². The van der Waals surface area contributed by atoms with Gasteiger partial charge in [-0.2, -0.15) is 0 Å². The molecule has 2 bridgehead atoms. The molecule has 3 unspecified atom stereocenters. The fourth-order valence-electron chi connectivity index (χ4n) is 5.70. The van der Waals surface area contributed by atoms with E-state index in [1.807, 2.05) is 6.92 Å². The zero-order valence-electron chi connectivity index (χ0n) is 19.4. The van der Waals surface area contributed by atoms with Crippen molar-refractivity contribution in [2.45, 2.75) is 37.7 Å². The van der Waals surface area contributed by atoms with Gasteiger partial charge in [-0.05, 0) is 44.6 Å². The number of fused-ring (bicyclic) bond motifs is 2. The van der Waals surface area contributed by atoms with Gasteiger partial charge >= 0.3 is 5.97 Å². The molecule has 33 heavy (non-hydrogen) atoms. The zero-order chi connectivity index (χ0) is 22.9. The van der Waals surface area contributed by atoms with E-state index in [-0.39, 0.29) is 23.2 Å². The maximum absolute atomic E-state index is 13.6. The zero-order valence-corrected chi connectivity index (χ0v) is 21.2. The van der Waals surface area contributed by atoms with Gasteiger partial charge in [0.15, 0.2) is 0 Å². The second-order valence-electron chi connectivity index (χ2n) is 8.81. The van der Waals surface area contributed by atoms with Crippen molar-refractivity contribution in [3.05, 3.63) is 102 Å². The molecule has 168 valence electrons. The summed E-state index contributed by atoms with van der Waals surface area (Å²) in [4.78, 5) is 13.6. The third-order valence-electron chi connectivity index (χ3n) is 7.12. The Bertz CT molecular complexity index is 1100. The smallest absolute Gasteiger partial charge is 0.310 e. The highest BCUT2D eigenvalue weighted by Crippen LogP contribution is 2.72. The van der Waals surface area contributed by atoms with Crippen molar-refractivity contribution in [1.29, 1.82) is 0 Å². The SMILES string of the molecule is CCOC(=O)[C@@H]1C2C(C)=C(C)C([C@@H]1P(c1ccccc1)c1ccccc1)P2c1ccccc1. The highest BCUT2D eigenvalue weighted by Gasteiger charge is 2.61. The summed E-state index contributed by atoms with van der Waals surface area (Å²) < 4.78 is 5.76. The highest BCUT2D eigenvalue weighted by atomic mass is 31.1. The maximum Gasteiger partial charge on any atom is 0.310 e. The number of hydrogen-bond acceptors (Lipinski definition) is 2. The molecule has 3 aromatic carbocycles. The second-order valence-corrected chi connectivity index (χ2v) is 13.6. The van der Waals surface area contributed by atoms with Crippen molar-refractivity contribution in [1.82, 2.24) is 0 Å². The van der Waals surface area contributed by atoms with Crippen LogP contribution in [-0.4, -0.2) is 29.6 Å². The monoisotopic (exact) mass is 472 g/mol. The largest absolute Gasteiger partial charge is 0.466 e. The molecule has 2 aliphatic rings. The van der Waals surface area contributed by atoms with E-state index in [9.17, 15) is 4.79 Å². The molecule has 0 amide bonds. The van der Waals surface area contributed by atoms with Crippen LogP contribution in [0.15, 0.2) is 102 Å². The van der Waals surface area contributed by atoms with E-state index in [0.29, 0.717) is 12.3 Å². The molecule has 0 aromatic heterocycles. The van der Waals surface area contributed by atoms with Crippen LogP contribution in [-0.2, 0) is 9.53 Å². The first-order chi connectivity index (χ1) is 16.1. The molecule has 0 radical (unpaired) electrons. The molecule has 3 aromatic rings. The lowest BCUT2D eigenvalue weighted by Gasteiger charge is -2.37. The van der Waals surface area contributed by atoms with E-state index in [1.165, 1.54) is 27.1 Å². The van der Waals surface area contributed by atoms with Gasteiger partial charge in [-0.3, -0.25) is 4.79 Å². The van der Waals surface area contributed by atoms with Crippen molar-refractivity contribution in [2.75, 3.05) is 6.61 Å². The number of carbonyl (C=O) groups is 1. The van der Waals surface area contributed by atoms with Gasteiger partial charge < -0.3 is 4.74 Å². The lowest BCUT2D eigenvalue weighted by Crippen LogP contribution is -2.41. The second kappa shape index (κ2) is 9.54. The average Bonchev–Trinajstić information content (AvgIpc) is 3.32. The van der Waals surface area contributed by atoms with Crippen molar-refractivity contribution in [3.8, 4) is 0 Å². The molecule has 0 spiro atoms. The van der Waals surface area contributed by atoms with E-state index < -0.39 is 15.8 Å². The van der Waals surface area contributed by atoms with E-state index >= 15 is 0 Å². The van der Waals surface area contributed by atoms with Gasteiger partial charge in [0.2, 0.25) is 0 Å². The number of ether oxygens (including phenoxy) is 1. The number of benzene rings is 3. The molecule has 5 rings (SSSR count).